The number of halogens is 3. The Hall–Kier alpha value is -0.640. The number of guanidine groups is 1. The van der Waals surface area contributed by atoms with Gasteiger partial charge >= 0.3 is 0 Å². The van der Waals surface area contributed by atoms with E-state index < -0.39 is 0 Å². The zero-order valence-electron chi connectivity index (χ0n) is 15.6. The average molecular weight is 512 g/mol. The summed E-state index contributed by atoms with van der Waals surface area (Å²) in [6.45, 7) is 6.33. The fourth-order valence-electron chi connectivity index (χ4n) is 3.46. The number of hydrogen-bond donors (Lipinski definition) is 1. The van der Waals surface area contributed by atoms with E-state index in [1.165, 1.54) is 6.07 Å². The van der Waals surface area contributed by atoms with Gasteiger partial charge in [0.15, 0.2) is 5.96 Å². The van der Waals surface area contributed by atoms with Crippen molar-refractivity contribution in [3.63, 3.8) is 0 Å². The Bertz CT molecular complexity index is 609. The first kappa shape index (κ1) is 22.6. The first-order chi connectivity index (χ1) is 12.7. The van der Waals surface area contributed by atoms with Crippen LogP contribution in [-0.4, -0.2) is 62.5 Å². The van der Waals surface area contributed by atoms with E-state index in [-0.39, 0.29) is 42.0 Å². The molecule has 2 fully saturated rings. The van der Waals surface area contributed by atoms with Crippen LogP contribution in [0.1, 0.15) is 25.3 Å². The highest BCUT2D eigenvalue weighted by Crippen LogP contribution is 2.21. The summed E-state index contributed by atoms with van der Waals surface area (Å²) in [5.74, 6) is 0.564. The molecule has 1 aromatic carbocycles. The van der Waals surface area contributed by atoms with Crippen molar-refractivity contribution < 1.29 is 13.9 Å². The lowest BCUT2D eigenvalue weighted by atomic mass is 10.1. The third-order valence-electron chi connectivity index (χ3n) is 4.79. The lowest BCUT2D eigenvalue weighted by Gasteiger charge is -2.37. The van der Waals surface area contributed by atoms with Crippen molar-refractivity contribution in [1.82, 2.24) is 10.2 Å². The van der Waals surface area contributed by atoms with Gasteiger partial charge in [0, 0.05) is 43.4 Å². The van der Waals surface area contributed by atoms with E-state index >= 15 is 0 Å². The van der Waals surface area contributed by atoms with Gasteiger partial charge in [0.2, 0.25) is 0 Å². The molecule has 0 aromatic heterocycles. The summed E-state index contributed by atoms with van der Waals surface area (Å²) in [4.78, 5) is 6.90. The van der Waals surface area contributed by atoms with Crippen molar-refractivity contribution >= 4 is 41.5 Å². The maximum atomic E-state index is 13.9. The highest BCUT2D eigenvalue weighted by molar-refractivity contribution is 14.0. The van der Waals surface area contributed by atoms with Crippen LogP contribution in [0, 0.1) is 5.82 Å². The summed E-state index contributed by atoms with van der Waals surface area (Å²) in [5.41, 5.74) is 0.521. The molecule has 0 amide bonds. The van der Waals surface area contributed by atoms with Crippen LogP contribution >= 0.6 is 35.6 Å². The van der Waals surface area contributed by atoms with Gasteiger partial charge in [0.05, 0.1) is 12.7 Å². The van der Waals surface area contributed by atoms with E-state index in [9.17, 15) is 4.39 Å². The summed E-state index contributed by atoms with van der Waals surface area (Å²) in [6, 6.07) is 4.76. The number of ether oxygens (including phenoxy) is 2. The van der Waals surface area contributed by atoms with Gasteiger partial charge in [-0.05, 0) is 38.3 Å². The monoisotopic (exact) mass is 511 g/mol. The smallest absolute Gasteiger partial charge is 0.194 e. The standard InChI is InChI=1S/C19H27ClFN3O2.HI/c1-2-22-19(23-9-8-14-15(20)5-3-6-16(14)21)24-10-12-26-18(13-24)17-7-4-11-25-17;/h3,5-6,17-18H,2,4,7-13H2,1H3,(H,22,23);1H. The Morgan fingerprint density at radius 1 is 1.33 bits per heavy atom. The zero-order valence-corrected chi connectivity index (χ0v) is 18.7. The number of nitrogens with zero attached hydrogens (tertiary/aromatic N) is 2. The summed E-state index contributed by atoms with van der Waals surface area (Å²) in [7, 11) is 0. The number of morpholine rings is 1. The molecule has 8 heteroatoms. The van der Waals surface area contributed by atoms with E-state index in [1.54, 1.807) is 12.1 Å². The molecule has 0 spiro atoms. The van der Waals surface area contributed by atoms with Crippen LogP contribution in [0.5, 0.6) is 0 Å². The molecule has 1 aromatic rings. The molecule has 2 saturated heterocycles. The molecule has 2 aliphatic rings. The van der Waals surface area contributed by atoms with Crippen LogP contribution in [0.25, 0.3) is 0 Å². The van der Waals surface area contributed by atoms with E-state index in [1.807, 2.05) is 6.92 Å². The third kappa shape index (κ3) is 6.17. The van der Waals surface area contributed by atoms with Gasteiger partial charge in [-0.15, -0.1) is 24.0 Å². The van der Waals surface area contributed by atoms with Gasteiger partial charge in [-0.3, -0.25) is 4.99 Å². The van der Waals surface area contributed by atoms with Gasteiger partial charge in [0.1, 0.15) is 11.9 Å². The summed E-state index contributed by atoms with van der Waals surface area (Å²) in [5, 5.41) is 3.79. The predicted octanol–water partition coefficient (Wildman–Crippen LogP) is 3.48. The first-order valence-electron chi connectivity index (χ1n) is 9.38. The van der Waals surface area contributed by atoms with E-state index in [0.717, 1.165) is 45.0 Å². The van der Waals surface area contributed by atoms with Crippen molar-refractivity contribution in [3.05, 3.63) is 34.6 Å². The zero-order chi connectivity index (χ0) is 18.4. The molecule has 3 rings (SSSR count). The topological polar surface area (TPSA) is 46.1 Å². The molecule has 27 heavy (non-hydrogen) atoms. The molecule has 0 saturated carbocycles. The Morgan fingerprint density at radius 2 is 2.15 bits per heavy atom. The SMILES string of the molecule is CCNC(=NCCc1c(F)cccc1Cl)N1CCOC(C2CCCO2)C1.I. The van der Waals surface area contributed by atoms with Gasteiger partial charge in [-0.25, -0.2) is 4.39 Å². The van der Waals surface area contributed by atoms with Gasteiger partial charge < -0.3 is 19.7 Å². The van der Waals surface area contributed by atoms with Crippen LogP contribution in [-0.2, 0) is 15.9 Å². The molecule has 5 nitrogen and oxygen atoms in total. The second-order valence-corrected chi connectivity index (χ2v) is 7.00. The predicted molar refractivity (Wildman–Crippen MR) is 117 cm³/mol. The fourth-order valence-corrected chi connectivity index (χ4v) is 3.72. The number of benzene rings is 1. The molecule has 0 bridgehead atoms. The Balaban J connectivity index is 0.00000261. The van der Waals surface area contributed by atoms with Gasteiger partial charge in [-0.1, -0.05) is 17.7 Å². The molecule has 2 heterocycles. The summed E-state index contributed by atoms with van der Waals surface area (Å²) >= 11 is 6.10. The fraction of sp³-hybridized carbons (Fsp3) is 0.632. The Morgan fingerprint density at radius 3 is 2.85 bits per heavy atom. The molecule has 152 valence electrons. The van der Waals surface area contributed by atoms with Crippen LogP contribution in [0.15, 0.2) is 23.2 Å². The Kier molecular flexibility index (Phi) is 9.55. The molecule has 2 atom stereocenters. The maximum Gasteiger partial charge on any atom is 0.194 e. The average Bonchev–Trinajstić information content (AvgIpc) is 3.18. The van der Waals surface area contributed by atoms with Crippen molar-refractivity contribution in [1.29, 1.82) is 0 Å². The largest absolute Gasteiger partial charge is 0.375 e. The quantitative estimate of drug-likeness (QED) is 0.374. The van der Waals surface area contributed by atoms with Crippen molar-refractivity contribution in [2.24, 2.45) is 4.99 Å². The second kappa shape index (κ2) is 11.4. The number of hydrogen-bond acceptors (Lipinski definition) is 3. The minimum absolute atomic E-state index is 0. The molecule has 1 N–H and O–H groups in total. The first-order valence-corrected chi connectivity index (χ1v) is 9.76. The van der Waals surface area contributed by atoms with E-state index in [4.69, 9.17) is 21.1 Å². The summed E-state index contributed by atoms with van der Waals surface area (Å²) in [6.07, 6.45) is 2.88. The van der Waals surface area contributed by atoms with Crippen LogP contribution < -0.4 is 5.32 Å². The van der Waals surface area contributed by atoms with Crippen molar-refractivity contribution in [2.75, 3.05) is 39.4 Å². The van der Waals surface area contributed by atoms with Crippen LogP contribution in [0.3, 0.4) is 0 Å². The molecular weight excluding hydrogens is 484 g/mol. The minimum Gasteiger partial charge on any atom is -0.375 e. The molecule has 0 aliphatic carbocycles. The number of rotatable bonds is 5. The van der Waals surface area contributed by atoms with E-state index in [2.05, 4.69) is 15.2 Å². The van der Waals surface area contributed by atoms with Crippen LogP contribution in [0.2, 0.25) is 5.02 Å². The minimum atomic E-state index is -0.275. The van der Waals surface area contributed by atoms with Gasteiger partial charge in [0.25, 0.3) is 0 Å². The van der Waals surface area contributed by atoms with Gasteiger partial charge in [-0.2, -0.15) is 0 Å². The lowest BCUT2D eigenvalue weighted by molar-refractivity contribution is -0.0817. The maximum absolute atomic E-state index is 13.9. The molecule has 2 aliphatic heterocycles. The van der Waals surface area contributed by atoms with Crippen molar-refractivity contribution in [3.8, 4) is 0 Å². The molecular formula is C19H28ClFIN3O2. The summed E-state index contributed by atoms with van der Waals surface area (Å²) < 4.78 is 25.6. The van der Waals surface area contributed by atoms with Crippen LogP contribution in [0.4, 0.5) is 4.39 Å². The third-order valence-corrected chi connectivity index (χ3v) is 5.15. The number of aliphatic imine (C=N–C) groups is 1. The highest BCUT2D eigenvalue weighted by Gasteiger charge is 2.32. The molecule has 2 unspecified atom stereocenters. The lowest BCUT2D eigenvalue weighted by Crippen LogP contribution is -2.53. The van der Waals surface area contributed by atoms with Crippen molar-refractivity contribution in [2.45, 2.75) is 38.4 Å². The van der Waals surface area contributed by atoms with E-state index in [0.29, 0.717) is 30.2 Å². The molecule has 0 radical (unpaired) electrons. The highest BCUT2D eigenvalue weighted by atomic mass is 127. The Labute approximate surface area is 182 Å². The second-order valence-electron chi connectivity index (χ2n) is 6.59. The number of nitrogens with one attached hydrogen (secondary N) is 1. The normalized spacial score (nSPS) is 23.2.